The van der Waals surface area contributed by atoms with Crippen molar-refractivity contribution in [1.29, 1.82) is 0 Å². The molecular formula is C18H28O3. The highest BCUT2D eigenvalue weighted by Crippen LogP contribution is 2.36. The van der Waals surface area contributed by atoms with Crippen LogP contribution in [0, 0.1) is 5.92 Å². The summed E-state index contributed by atoms with van der Waals surface area (Å²) < 4.78 is 11.3. The second kappa shape index (κ2) is 7.81. The molecule has 1 N–H and O–H groups in total. The number of unbranched alkanes of at least 4 members (excludes halogenated alkanes) is 1. The van der Waals surface area contributed by atoms with E-state index in [-0.39, 0.29) is 6.10 Å². The van der Waals surface area contributed by atoms with Crippen molar-refractivity contribution < 1.29 is 14.6 Å². The predicted molar refractivity (Wildman–Crippen MR) is 84.7 cm³/mol. The molecule has 3 heteroatoms. The van der Waals surface area contributed by atoms with Crippen LogP contribution in [-0.4, -0.2) is 24.9 Å². The minimum Gasteiger partial charge on any atom is -0.497 e. The minimum atomic E-state index is -0.529. The van der Waals surface area contributed by atoms with Crippen molar-refractivity contribution in [3.8, 4) is 5.75 Å². The van der Waals surface area contributed by atoms with Gasteiger partial charge in [-0.05, 0) is 35.6 Å². The van der Waals surface area contributed by atoms with Crippen LogP contribution in [0.25, 0.3) is 0 Å². The molecule has 0 radical (unpaired) electrons. The average Bonchev–Trinajstić information content (AvgIpc) is 2.83. The van der Waals surface area contributed by atoms with Crippen LogP contribution < -0.4 is 4.74 Å². The van der Waals surface area contributed by atoms with Gasteiger partial charge in [0, 0.05) is 13.0 Å². The molecule has 118 valence electrons. The maximum Gasteiger partial charge on any atom is 0.119 e. The second-order valence-corrected chi connectivity index (χ2v) is 6.00. The minimum absolute atomic E-state index is 0.109. The van der Waals surface area contributed by atoms with E-state index in [1.165, 1.54) is 24.8 Å². The molecule has 0 aliphatic heterocycles. The Bertz CT molecular complexity index is 444. The lowest BCUT2D eigenvalue weighted by atomic mass is 10.0. The lowest BCUT2D eigenvalue weighted by Crippen LogP contribution is -2.22. The summed E-state index contributed by atoms with van der Waals surface area (Å²) in [7, 11) is 1.65. The van der Waals surface area contributed by atoms with Crippen molar-refractivity contribution in [3.63, 3.8) is 0 Å². The number of fused-ring (bicyclic) bond motifs is 1. The van der Waals surface area contributed by atoms with Crippen LogP contribution in [0.15, 0.2) is 18.2 Å². The summed E-state index contributed by atoms with van der Waals surface area (Å²) in [6.07, 6.45) is 5.01. The van der Waals surface area contributed by atoms with Gasteiger partial charge in [-0.15, -0.1) is 0 Å². The van der Waals surface area contributed by atoms with Gasteiger partial charge in [0.2, 0.25) is 0 Å². The zero-order valence-corrected chi connectivity index (χ0v) is 13.5. The Hall–Kier alpha value is -1.06. The molecule has 1 aromatic carbocycles. The molecule has 1 aliphatic rings. The van der Waals surface area contributed by atoms with E-state index in [2.05, 4.69) is 13.8 Å². The zero-order valence-electron chi connectivity index (χ0n) is 13.5. The number of methoxy groups -OCH3 is 1. The van der Waals surface area contributed by atoms with Gasteiger partial charge in [-0.25, -0.2) is 0 Å². The normalized spacial score (nSPS) is 22.1. The maximum absolute atomic E-state index is 10.4. The number of hydrogen-bond acceptors (Lipinski definition) is 3. The van der Waals surface area contributed by atoms with E-state index in [0.29, 0.717) is 5.92 Å². The first kappa shape index (κ1) is 16.3. The fourth-order valence-electron chi connectivity index (χ4n) is 3.00. The van der Waals surface area contributed by atoms with Crippen LogP contribution in [0.5, 0.6) is 5.75 Å². The van der Waals surface area contributed by atoms with E-state index in [1.54, 1.807) is 7.11 Å². The molecule has 3 atom stereocenters. The standard InChI is InChI=1S/C18H28O3/c1-4-6-7-13(5-2)12-21-17-10-14-8-9-15(20-3)11-16(14)18(17)19/h8-9,11,13,17-19H,4-7,10,12H2,1-3H3. The Morgan fingerprint density at radius 2 is 2.14 bits per heavy atom. The van der Waals surface area contributed by atoms with Gasteiger partial charge in [0.1, 0.15) is 11.9 Å². The van der Waals surface area contributed by atoms with E-state index in [0.717, 1.165) is 30.8 Å². The molecule has 0 spiro atoms. The molecule has 21 heavy (non-hydrogen) atoms. The first-order valence-corrected chi connectivity index (χ1v) is 8.16. The Kier molecular flexibility index (Phi) is 6.07. The molecule has 0 aromatic heterocycles. The van der Waals surface area contributed by atoms with Crippen molar-refractivity contribution in [1.82, 2.24) is 0 Å². The van der Waals surface area contributed by atoms with Gasteiger partial charge in [-0.1, -0.05) is 39.2 Å². The Labute approximate surface area is 128 Å². The third-order valence-corrected chi connectivity index (χ3v) is 4.53. The second-order valence-electron chi connectivity index (χ2n) is 6.00. The van der Waals surface area contributed by atoms with Crippen molar-refractivity contribution in [3.05, 3.63) is 29.3 Å². The van der Waals surface area contributed by atoms with Gasteiger partial charge in [0.15, 0.2) is 0 Å². The lowest BCUT2D eigenvalue weighted by molar-refractivity contribution is -0.0422. The number of aliphatic hydroxyl groups excluding tert-OH is 1. The Balaban J connectivity index is 1.91. The van der Waals surface area contributed by atoms with E-state index in [9.17, 15) is 5.11 Å². The molecule has 0 saturated carbocycles. The van der Waals surface area contributed by atoms with Gasteiger partial charge in [0.05, 0.1) is 13.2 Å². The summed E-state index contributed by atoms with van der Waals surface area (Å²) >= 11 is 0. The first-order valence-electron chi connectivity index (χ1n) is 8.16. The first-order chi connectivity index (χ1) is 10.2. The summed E-state index contributed by atoms with van der Waals surface area (Å²) in [4.78, 5) is 0. The quantitative estimate of drug-likeness (QED) is 0.790. The van der Waals surface area contributed by atoms with E-state index in [1.807, 2.05) is 18.2 Å². The largest absolute Gasteiger partial charge is 0.497 e. The summed E-state index contributed by atoms with van der Waals surface area (Å²) in [5.41, 5.74) is 2.14. The van der Waals surface area contributed by atoms with Gasteiger partial charge in [-0.3, -0.25) is 0 Å². The van der Waals surface area contributed by atoms with Crippen LogP contribution in [-0.2, 0) is 11.2 Å². The third kappa shape index (κ3) is 3.98. The molecule has 0 bridgehead atoms. The Morgan fingerprint density at radius 1 is 1.33 bits per heavy atom. The van der Waals surface area contributed by atoms with E-state index >= 15 is 0 Å². The lowest BCUT2D eigenvalue weighted by Gasteiger charge is -2.21. The number of hydrogen-bond donors (Lipinski definition) is 1. The van der Waals surface area contributed by atoms with Crippen LogP contribution in [0.3, 0.4) is 0 Å². The average molecular weight is 292 g/mol. The van der Waals surface area contributed by atoms with Crippen LogP contribution in [0.1, 0.15) is 56.8 Å². The SMILES string of the molecule is CCCCC(CC)COC1Cc2ccc(OC)cc2C1O. The molecule has 3 nitrogen and oxygen atoms in total. The number of ether oxygens (including phenoxy) is 2. The maximum atomic E-state index is 10.4. The van der Waals surface area contributed by atoms with Gasteiger partial charge in [-0.2, -0.15) is 0 Å². The summed E-state index contributed by atoms with van der Waals surface area (Å²) in [5.74, 6) is 1.40. The van der Waals surface area contributed by atoms with Crippen molar-refractivity contribution in [2.75, 3.05) is 13.7 Å². The van der Waals surface area contributed by atoms with Gasteiger partial charge < -0.3 is 14.6 Å². The fourth-order valence-corrected chi connectivity index (χ4v) is 3.00. The number of aliphatic hydroxyl groups is 1. The molecular weight excluding hydrogens is 264 g/mol. The fraction of sp³-hybridized carbons (Fsp3) is 0.667. The zero-order chi connectivity index (χ0) is 15.2. The van der Waals surface area contributed by atoms with Crippen molar-refractivity contribution >= 4 is 0 Å². The van der Waals surface area contributed by atoms with E-state index in [4.69, 9.17) is 9.47 Å². The van der Waals surface area contributed by atoms with E-state index < -0.39 is 6.10 Å². The van der Waals surface area contributed by atoms with Crippen molar-refractivity contribution in [2.24, 2.45) is 5.92 Å². The monoisotopic (exact) mass is 292 g/mol. The highest BCUT2D eigenvalue weighted by molar-refractivity contribution is 5.41. The van der Waals surface area contributed by atoms with Crippen molar-refractivity contribution in [2.45, 2.75) is 58.2 Å². The molecule has 3 unspecified atom stereocenters. The van der Waals surface area contributed by atoms with Gasteiger partial charge >= 0.3 is 0 Å². The summed E-state index contributed by atoms with van der Waals surface area (Å²) in [5, 5.41) is 10.4. The summed E-state index contributed by atoms with van der Waals surface area (Å²) in [6.45, 7) is 5.19. The summed E-state index contributed by atoms with van der Waals surface area (Å²) in [6, 6.07) is 5.91. The van der Waals surface area contributed by atoms with Crippen LogP contribution in [0.2, 0.25) is 0 Å². The smallest absolute Gasteiger partial charge is 0.119 e. The molecule has 0 saturated heterocycles. The highest BCUT2D eigenvalue weighted by atomic mass is 16.5. The molecule has 2 rings (SSSR count). The third-order valence-electron chi connectivity index (χ3n) is 4.53. The molecule has 1 aliphatic carbocycles. The van der Waals surface area contributed by atoms with Gasteiger partial charge in [0.25, 0.3) is 0 Å². The van der Waals surface area contributed by atoms with Crippen LogP contribution in [0.4, 0.5) is 0 Å². The number of rotatable bonds is 8. The Morgan fingerprint density at radius 3 is 2.81 bits per heavy atom. The highest BCUT2D eigenvalue weighted by Gasteiger charge is 2.32. The predicted octanol–water partition coefficient (Wildman–Crippen LogP) is 3.89. The molecule has 0 amide bonds. The molecule has 1 aromatic rings. The topological polar surface area (TPSA) is 38.7 Å². The number of benzene rings is 1. The van der Waals surface area contributed by atoms with Crippen LogP contribution >= 0.6 is 0 Å². The molecule has 0 heterocycles. The molecule has 0 fully saturated rings.